The predicted molar refractivity (Wildman–Crippen MR) is 144 cm³/mol. The molecule has 4 rings (SSSR count). The first-order chi connectivity index (χ1) is 16.0. The Kier molecular flexibility index (Phi) is 12.0. The molecule has 1 aromatic carbocycles. The Morgan fingerprint density at radius 3 is 2.40 bits per heavy atom. The van der Waals surface area contributed by atoms with Crippen LogP contribution in [0.3, 0.4) is 0 Å². The normalized spacial score (nSPS) is 23.7. The van der Waals surface area contributed by atoms with Gasteiger partial charge < -0.3 is 4.74 Å². The van der Waals surface area contributed by atoms with Crippen LogP contribution in [0.1, 0.15) is 50.6 Å². The fourth-order valence-electron chi connectivity index (χ4n) is 4.99. The van der Waals surface area contributed by atoms with E-state index >= 15 is 0 Å². The van der Waals surface area contributed by atoms with Crippen molar-refractivity contribution in [3.8, 4) is 0 Å². The van der Waals surface area contributed by atoms with Gasteiger partial charge in [-0.15, -0.1) is 24.8 Å². The van der Waals surface area contributed by atoms with Gasteiger partial charge in [0.25, 0.3) is 0 Å². The highest BCUT2D eigenvalue weighted by molar-refractivity contribution is 7.81. The van der Waals surface area contributed by atoms with Crippen LogP contribution >= 0.6 is 37.4 Å². The van der Waals surface area contributed by atoms with Crippen molar-refractivity contribution < 1.29 is 18.7 Å². The molecule has 0 bridgehead atoms. The summed E-state index contributed by atoms with van der Waals surface area (Å²) >= 11 is 4.81. The maximum absolute atomic E-state index is 14.7. The lowest BCUT2D eigenvalue weighted by Gasteiger charge is -2.38. The smallest absolute Gasteiger partial charge is 0.309 e. The topological polar surface area (TPSA) is 49.9 Å². The zero-order chi connectivity index (χ0) is 23.4. The monoisotopic (exact) mass is 546 g/mol. The minimum atomic E-state index is -0.525. The van der Waals surface area contributed by atoms with Crippen molar-refractivity contribution in [1.29, 1.82) is 0 Å². The molecule has 3 fully saturated rings. The van der Waals surface area contributed by atoms with Crippen molar-refractivity contribution in [2.45, 2.75) is 50.3 Å². The minimum absolute atomic E-state index is 0. The summed E-state index contributed by atoms with van der Waals surface area (Å²) in [6, 6.07) is 6.17. The maximum Gasteiger partial charge on any atom is 0.309 e. The van der Waals surface area contributed by atoms with Crippen molar-refractivity contribution in [2.75, 3.05) is 39.3 Å². The van der Waals surface area contributed by atoms with Gasteiger partial charge in [0.1, 0.15) is 5.82 Å². The summed E-state index contributed by atoms with van der Waals surface area (Å²) < 4.78 is 19.9. The van der Waals surface area contributed by atoms with E-state index in [2.05, 4.69) is 15.9 Å². The van der Waals surface area contributed by atoms with Crippen LogP contribution in [-0.4, -0.2) is 66.1 Å². The van der Waals surface area contributed by atoms with Gasteiger partial charge in [0, 0.05) is 36.4 Å². The van der Waals surface area contributed by atoms with Crippen molar-refractivity contribution in [2.24, 2.45) is 11.8 Å². The molecule has 0 aromatic heterocycles. The molecule has 196 valence electrons. The lowest BCUT2D eigenvalue weighted by molar-refractivity contribution is -0.149. The number of Topliss-reactive ketones (excluding diaryl/α,β-unsaturated/α-hetero) is 1. The van der Waals surface area contributed by atoms with Crippen LogP contribution < -0.4 is 0 Å². The zero-order valence-corrected chi connectivity index (χ0v) is 22.8. The van der Waals surface area contributed by atoms with Gasteiger partial charge in [-0.05, 0) is 63.8 Å². The van der Waals surface area contributed by atoms with Crippen LogP contribution in [0, 0.1) is 17.7 Å². The highest BCUT2D eigenvalue weighted by Crippen LogP contribution is 2.39. The molecule has 2 saturated heterocycles. The van der Waals surface area contributed by atoms with E-state index in [9.17, 15) is 14.0 Å². The maximum atomic E-state index is 14.7. The van der Waals surface area contributed by atoms with Crippen LogP contribution in [0.4, 0.5) is 4.39 Å². The number of piperidine rings is 2. The Hall–Kier alpha value is -1.12. The second-order valence-electron chi connectivity index (χ2n) is 9.48. The van der Waals surface area contributed by atoms with E-state index in [4.69, 9.17) is 17.4 Å². The predicted octanol–water partition coefficient (Wildman–Crippen LogP) is 4.90. The molecule has 35 heavy (non-hydrogen) atoms. The third-order valence-electron chi connectivity index (χ3n) is 7.14. The Morgan fingerprint density at radius 2 is 1.77 bits per heavy atom. The quantitative estimate of drug-likeness (QED) is 0.285. The fourth-order valence-corrected chi connectivity index (χ4v) is 5.29. The van der Waals surface area contributed by atoms with Gasteiger partial charge in [0.15, 0.2) is 5.78 Å². The van der Waals surface area contributed by atoms with E-state index in [1.165, 1.54) is 11.6 Å². The van der Waals surface area contributed by atoms with Gasteiger partial charge in [-0.3, -0.25) is 19.4 Å². The van der Waals surface area contributed by atoms with Gasteiger partial charge in [0.05, 0.1) is 18.6 Å². The lowest BCUT2D eigenvalue weighted by Crippen LogP contribution is -2.43. The van der Waals surface area contributed by atoms with Gasteiger partial charge >= 0.3 is 5.97 Å². The average Bonchev–Trinajstić information content (AvgIpc) is 3.66. The summed E-state index contributed by atoms with van der Waals surface area (Å²) in [5.41, 5.74) is 1.69. The molecule has 3 aliphatic rings. The van der Waals surface area contributed by atoms with Gasteiger partial charge in [-0.25, -0.2) is 4.39 Å². The molecule has 1 aliphatic carbocycles. The van der Waals surface area contributed by atoms with Gasteiger partial charge in [0.2, 0.25) is 0 Å². The fraction of sp³-hybridized carbons (Fsp3) is 0.615. The highest BCUT2D eigenvalue weighted by Gasteiger charge is 2.40. The van der Waals surface area contributed by atoms with Crippen molar-refractivity contribution >= 4 is 49.2 Å². The number of ether oxygens (including phenoxy) is 1. The molecule has 5 nitrogen and oxygen atoms in total. The minimum Gasteiger partial charge on any atom is -0.466 e. The summed E-state index contributed by atoms with van der Waals surface area (Å²) in [4.78, 5) is 29.7. The average molecular weight is 548 g/mol. The van der Waals surface area contributed by atoms with E-state index in [1.54, 1.807) is 12.1 Å². The molecule has 2 aliphatic heterocycles. The zero-order valence-electron chi connectivity index (χ0n) is 20.2. The first-order valence-electron chi connectivity index (χ1n) is 12.3. The summed E-state index contributed by atoms with van der Waals surface area (Å²) in [5.74, 6) is -0.158. The van der Waals surface area contributed by atoms with E-state index in [0.29, 0.717) is 18.7 Å². The Balaban J connectivity index is 0.00000216. The Labute approximate surface area is 226 Å². The summed E-state index contributed by atoms with van der Waals surface area (Å²) in [6.45, 7) is 6.17. The number of nitrogens with zero attached hydrogens (tertiary/aromatic N) is 2. The molecule has 1 aromatic rings. The molecule has 1 saturated carbocycles. The van der Waals surface area contributed by atoms with Gasteiger partial charge in [-0.1, -0.05) is 24.3 Å². The molecule has 0 radical (unpaired) electrons. The number of rotatable bonds is 8. The van der Waals surface area contributed by atoms with E-state index in [1.807, 2.05) is 13.0 Å². The summed E-state index contributed by atoms with van der Waals surface area (Å²) in [6.07, 6.45) is 6.54. The second-order valence-corrected chi connectivity index (χ2v) is 10.1. The molecule has 2 heterocycles. The van der Waals surface area contributed by atoms with Crippen molar-refractivity contribution in [3.05, 3.63) is 47.3 Å². The van der Waals surface area contributed by atoms with Crippen LogP contribution in [0.5, 0.6) is 0 Å². The SMILES string of the molecule is CCOC(=O)C1CCN(C/C=C2/CN(C(C(=O)C3CC3)c3ccccc3F)CCC2S)CC1.Cl.Cl. The molecule has 0 amide bonds. The number of hydrogen-bond acceptors (Lipinski definition) is 6. The summed E-state index contributed by atoms with van der Waals surface area (Å²) in [7, 11) is 0. The third kappa shape index (κ3) is 7.68. The van der Waals surface area contributed by atoms with E-state index in [-0.39, 0.29) is 59.5 Å². The summed E-state index contributed by atoms with van der Waals surface area (Å²) in [5, 5.41) is 0.149. The number of halogens is 3. The van der Waals surface area contributed by atoms with Crippen molar-refractivity contribution in [1.82, 2.24) is 9.80 Å². The van der Waals surface area contributed by atoms with E-state index < -0.39 is 6.04 Å². The molecular weight excluding hydrogens is 510 g/mol. The van der Waals surface area contributed by atoms with E-state index in [0.717, 1.165) is 58.3 Å². The third-order valence-corrected chi connectivity index (χ3v) is 7.73. The molecule has 9 heteroatoms. The largest absolute Gasteiger partial charge is 0.466 e. The molecule has 2 atom stereocenters. The Morgan fingerprint density at radius 1 is 1.09 bits per heavy atom. The molecule has 0 spiro atoms. The van der Waals surface area contributed by atoms with Gasteiger partial charge in [-0.2, -0.15) is 12.6 Å². The standard InChI is InChI=1S/C26H35FN2O3S.2ClH/c1-2-32-26(31)19-9-13-28(14-10-19)15-11-20-17-29(16-12-23(20)33)24(25(30)18-7-8-18)21-5-3-4-6-22(21)27;;/h3-6,11,18-19,23-24,33H,2,7-10,12-17H2,1H3;2*1H/b20-11-;;. The number of esters is 1. The van der Waals surface area contributed by atoms with Crippen LogP contribution in [0.15, 0.2) is 35.9 Å². The highest BCUT2D eigenvalue weighted by atomic mass is 35.5. The number of carbonyl (C=O) groups is 2. The second kappa shape index (κ2) is 14.0. The number of thiol groups is 1. The molecule has 0 N–H and O–H groups in total. The number of ketones is 1. The number of benzene rings is 1. The van der Waals surface area contributed by atoms with Crippen LogP contribution in [0.2, 0.25) is 0 Å². The number of hydrogen-bond donors (Lipinski definition) is 1. The van der Waals surface area contributed by atoms with Crippen LogP contribution in [0.25, 0.3) is 0 Å². The first-order valence-corrected chi connectivity index (χ1v) is 12.8. The van der Waals surface area contributed by atoms with Crippen molar-refractivity contribution in [3.63, 3.8) is 0 Å². The number of likely N-dealkylation sites (tertiary alicyclic amines) is 2. The molecule has 2 unspecified atom stereocenters. The number of carbonyl (C=O) groups excluding carboxylic acids is 2. The Bertz CT molecular complexity index is 891. The molecular formula is C26H37Cl2FN2O3S. The lowest BCUT2D eigenvalue weighted by atomic mass is 9.93. The van der Waals surface area contributed by atoms with Crippen LogP contribution in [-0.2, 0) is 14.3 Å². The first kappa shape index (κ1) is 30.1.